The van der Waals surface area contributed by atoms with Crippen LogP contribution in [0.4, 0.5) is 0 Å². The van der Waals surface area contributed by atoms with Crippen LogP contribution in [0.25, 0.3) is 0 Å². The molecule has 16 heavy (non-hydrogen) atoms. The Morgan fingerprint density at radius 1 is 1.44 bits per heavy atom. The Labute approximate surface area is 99.0 Å². The molecule has 0 aliphatic carbocycles. The van der Waals surface area contributed by atoms with Crippen molar-refractivity contribution < 1.29 is 19.2 Å². The molecule has 0 amide bonds. The van der Waals surface area contributed by atoms with E-state index in [1.165, 1.54) is 0 Å². The quantitative estimate of drug-likeness (QED) is 0.654. The topological polar surface area (TPSA) is 73.9 Å². The molecule has 2 aliphatic heterocycles. The van der Waals surface area contributed by atoms with Gasteiger partial charge in [0.15, 0.2) is 11.5 Å². The van der Waals surface area contributed by atoms with E-state index in [2.05, 4.69) is 0 Å². The molecule has 0 fully saturated rings. The van der Waals surface area contributed by atoms with E-state index in [0.29, 0.717) is 23.5 Å². The Kier molecular flexibility index (Phi) is 2.99. The standard InChI is InChI=1S/C9H10BNO4.ClH/c11-3-7-5-1-2-6-9(14-4-13-6)8(5)10(12)15-7;/h1-2,7,12H,3-4,11H2;1H/t7-;/m0./s1. The maximum Gasteiger partial charge on any atom is 0.496 e. The lowest BCUT2D eigenvalue weighted by molar-refractivity contribution is 0.174. The maximum atomic E-state index is 9.73. The Balaban J connectivity index is 0.000000963. The highest BCUT2D eigenvalue weighted by atomic mass is 35.5. The fraction of sp³-hybridized carbons (Fsp3) is 0.333. The zero-order chi connectivity index (χ0) is 10.4. The number of ether oxygens (including phenoxy) is 2. The Morgan fingerprint density at radius 3 is 3.00 bits per heavy atom. The van der Waals surface area contributed by atoms with E-state index in [-0.39, 0.29) is 25.3 Å². The third-order valence-corrected chi connectivity index (χ3v) is 2.71. The van der Waals surface area contributed by atoms with Crippen LogP contribution >= 0.6 is 12.4 Å². The van der Waals surface area contributed by atoms with Gasteiger partial charge in [0.25, 0.3) is 0 Å². The molecule has 0 saturated heterocycles. The summed E-state index contributed by atoms with van der Waals surface area (Å²) in [5.41, 5.74) is 7.08. The SMILES string of the molecule is Cl.NC[C@@H]1OB(O)c2c1ccc1c2OCO1. The number of fused-ring (bicyclic) bond motifs is 3. The molecule has 0 radical (unpaired) electrons. The molecule has 1 atom stereocenters. The van der Waals surface area contributed by atoms with Crippen LogP contribution in [0.15, 0.2) is 12.1 Å². The highest BCUT2D eigenvalue weighted by molar-refractivity contribution is 6.63. The molecule has 2 aliphatic rings. The highest BCUT2D eigenvalue weighted by Gasteiger charge is 2.39. The van der Waals surface area contributed by atoms with Gasteiger partial charge in [-0.05, 0) is 11.6 Å². The minimum absolute atomic E-state index is 0. The maximum absolute atomic E-state index is 9.73. The summed E-state index contributed by atoms with van der Waals surface area (Å²) in [6.07, 6.45) is -0.260. The van der Waals surface area contributed by atoms with E-state index in [1.54, 1.807) is 0 Å². The van der Waals surface area contributed by atoms with Gasteiger partial charge in [-0.3, -0.25) is 0 Å². The summed E-state index contributed by atoms with van der Waals surface area (Å²) in [4.78, 5) is 0. The molecule has 3 rings (SSSR count). The van der Waals surface area contributed by atoms with Crippen molar-refractivity contribution in [2.45, 2.75) is 6.10 Å². The Bertz CT molecular complexity index is 417. The molecule has 1 aromatic rings. The summed E-state index contributed by atoms with van der Waals surface area (Å²) in [6, 6.07) is 3.67. The molecule has 2 heterocycles. The lowest BCUT2D eigenvalue weighted by Crippen LogP contribution is -2.29. The van der Waals surface area contributed by atoms with Crippen LogP contribution in [0.3, 0.4) is 0 Å². The van der Waals surface area contributed by atoms with Gasteiger partial charge in [0.2, 0.25) is 6.79 Å². The zero-order valence-electron chi connectivity index (χ0n) is 8.38. The number of benzene rings is 1. The lowest BCUT2D eigenvalue weighted by Gasteiger charge is -2.08. The molecule has 7 heteroatoms. The van der Waals surface area contributed by atoms with Gasteiger partial charge in [0.1, 0.15) is 0 Å². The van der Waals surface area contributed by atoms with Crippen LogP contribution in [-0.2, 0) is 4.65 Å². The van der Waals surface area contributed by atoms with Gasteiger partial charge >= 0.3 is 7.12 Å². The van der Waals surface area contributed by atoms with Gasteiger partial charge in [0, 0.05) is 12.0 Å². The number of hydrogen-bond acceptors (Lipinski definition) is 5. The van der Waals surface area contributed by atoms with E-state index in [1.807, 2.05) is 12.1 Å². The first-order valence-electron chi connectivity index (χ1n) is 4.77. The molecule has 1 aromatic carbocycles. The van der Waals surface area contributed by atoms with Crippen molar-refractivity contribution in [2.24, 2.45) is 5.73 Å². The van der Waals surface area contributed by atoms with Crippen LogP contribution in [0.2, 0.25) is 0 Å². The van der Waals surface area contributed by atoms with E-state index < -0.39 is 7.12 Å². The molecular formula is C9H11BClNO4. The monoisotopic (exact) mass is 243 g/mol. The lowest BCUT2D eigenvalue weighted by atomic mass is 9.78. The van der Waals surface area contributed by atoms with Gasteiger partial charge in [-0.15, -0.1) is 12.4 Å². The third-order valence-electron chi connectivity index (χ3n) is 2.71. The second-order valence-electron chi connectivity index (χ2n) is 3.52. The second kappa shape index (κ2) is 4.14. The van der Waals surface area contributed by atoms with E-state index in [9.17, 15) is 5.02 Å². The van der Waals surface area contributed by atoms with Gasteiger partial charge in [0.05, 0.1) is 6.10 Å². The van der Waals surface area contributed by atoms with Crippen LogP contribution in [0, 0.1) is 0 Å². The van der Waals surface area contributed by atoms with Crippen molar-refractivity contribution >= 4 is 25.0 Å². The first-order chi connectivity index (χ1) is 7.31. The van der Waals surface area contributed by atoms with E-state index >= 15 is 0 Å². The molecular weight excluding hydrogens is 232 g/mol. The molecule has 0 spiro atoms. The number of rotatable bonds is 1. The summed E-state index contributed by atoms with van der Waals surface area (Å²) < 4.78 is 15.8. The minimum Gasteiger partial charge on any atom is -0.454 e. The average molecular weight is 243 g/mol. The average Bonchev–Trinajstić information content (AvgIpc) is 2.81. The van der Waals surface area contributed by atoms with Crippen molar-refractivity contribution in [2.75, 3.05) is 13.3 Å². The van der Waals surface area contributed by atoms with Crippen molar-refractivity contribution in [3.8, 4) is 11.5 Å². The molecule has 5 nitrogen and oxygen atoms in total. The first kappa shape index (κ1) is 11.5. The van der Waals surface area contributed by atoms with Crippen molar-refractivity contribution in [3.63, 3.8) is 0 Å². The van der Waals surface area contributed by atoms with E-state index in [4.69, 9.17) is 19.9 Å². The van der Waals surface area contributed by atoms with Gasteiger partial charge in [-0.25, -0.2) is 0 Å². The molecule has 0 bridgehead atoms. The molecule has 3 N–H and O–H groups in total. The number of hydrogen-bond donors (Lipinski definition) is 2. The minimum atomic E-state index is -0.967. The fourth-order valence-electron chi connectivity index (χ4n) is 2.02. The van der Waals surface area contributed by atoms with Gasteiger partial charge in [-0.2, -0.15) is 0 Å². The van der Waals surface area contributed by atoms with Gasteiger partial charge < -0.3 is 24.9 Å². The largest absolute Gasteiger partial charge is 0.496 e. The van der Waals surface area contributed by atoms with Crippen LogP contribution in [-0.4, -0.2) is 25.5 Å². The second-order valence-corrected chi connectivity index (χ2v) is 3.52. The van der Waals surface area contributed by atoms with Crippen molar-refractivity contribution in [1.29, 1.82) is 0 Å². The van der Waals surface area contributed by atoms with Crippen molar-refractivity contribution in [1.82, 2.24) is 0 Å². The summed E-state index contributed by atoms with van der Waals surface area (Å²) in [5, 5.41) is 9.73. The molecule has 0 aromatic heterocycles. The molecule has 0 saturated carbocycles. The van der Waals surface area contributed by atoms with Crippen molar-refractivity contribution in [3.05, 3.63) is 17.7 Å². The predicted octanol–water partition coefficient (Wildman–Crippen LogP) is -0.445. The summed E-state index contributed by atoms with van der Waals surface area (Å²) in [6.45, 7) is 0.523. The summed E-state index contributed by atoms with van der Waals surface area (Å²) >= 11 is 0. The third kappa shape index (κ3) is 1.46. The van der Waals surface area contributed by atoms with Gasteiger partial charge in [-0.1, -0.05) is 6.07 Å². The van der Waals surface area contributed by atoms with Crippen LogP contribution < -0.4 is 20.7 Å². The predicted molar refractivity (Wildman–Crippen MR) is 60.3 cm³/mol. The number of halogens is 1. The zero-order valence-corrected chi connectivity index (χ0v) is 9.20. The Morgan fingerprint density at radius 2 is 2.25 bits per heavy atom. The molecule has 0 unspecified atom stereocenters. The summed E-state index contributed by atoms with van der Waals surface area (Å²) in [7, 11) is -0.967. The summed E-state index contributed by atoms with van der Waals surface area (Å²) in [5.74, 6) is 1.23. The number of nitrogens with two attached hydrogens (primary N) is 1. The van der Waals surface area contributed by atoms with E-state index in [0.717, 1.165) is 5.56 Å². The Hall–Kier alpha value is -0.945. The van der Waals surface area contributed by atoms with Crippen LogP contribution in [0.5, 0.6) is 11.5 Å². The normalized spacial score (nSPS) is 20.6. The van der Waals surface area contributed by atoms with Crippen LogP contribution in [0.1, 0.15) is 11.7 Å². The first-order valence-corrected chi connectivity index (χ1v) is 4.77. The molecule has 86 valence electrons. The fourth-order valence-corrected chi connectivity index (χ4v) is 2.02. The highest BCUT2D eigenvalue weighted by Crippen LogP contribution is 2.36. The smallest absolute Gasteiger partial charge is 0.454 e.